The van der Waals surface area contributed by atoms with Crippen LogP contribution in [0.25, 0.3) is 0 Å². The number of nitrogens with two attached hydrogens (primary N) is 1. The van der Waals surface area contributed by atoms with Gasteiger partial charge in [0.2, 0.25) is 5.91 Å². The summed E-state index contributed by atoms with van der Waals surface area (Å²) < 4.78 is 1.36. The molecule has 110 valence electrons. The van der Waals surface area contributed by atoms with E-state index in [2.05, 4.69) is 5.10 Å². The van der Waals surface area contributed by atoms with Gasteiger partial charge in [0.05, 0.1) is 17.9 Å². The molecule has 0 atom stereocenters. The maximum atomic E-state index is 12.1. The Hall–Kier alpha value is -1.56. The van der Waals surface area contributed by atoms with Gasteiger partial charge in [-0.25, -0.2) is 4.68 Å². The number of hydrogen-bond acceptors (Lipinski definition) is 4. The van der Waals surface area contributed by atoms with Gasteiger partial charge in [-0.15, -0.1) is 0 Å². The lowest BCUT2D eigenvalue weighted by molar-refractivity contribution is -0.122. The first-order chi connectivity index (χ1) is 9.41. The smallest absolute Gasteiger partial charge is 0.287 e. The van der Waals surface area contributed by atoms with E-state index < -0.39 is 0 Å². The molecule has 1 aromatic rings. The van der Waals surface area contributed by atoms with Crippen molar-refractivity contribution in [1.29, 1.82) is 0 Å². The van der Waals surface area contributed by atoms with Crippen LogP contribution in [0, 0.1) is 5.92 Å². The highest BCUT2D eigenvalue weighted by Crippen LogP contribution is 2.26. The van der Waals surface area contributed by atoms with Crippen molar-refractivity contribution in [3.8, 4) is 0 Å². The molecule has 1 aliphatic rings. The van der Waals surface area contributed by atoms with Crippen LogP contribution in [0.3, 0.4) is 0 Å². The van der Waals surface area contributed by atoms with Gasteiger partial charge in [-0.3, -0.25) is 9.59 Å². The number of primary amides is 1. The third-order valence-electron chi connectivity index (χ3n) is 3.65. The summed E-state index contributed by atoms with van der Waals surface area (Å²) in [5.41, 5.74) is 5.66. The Balaban J connectivity index is 2.21. The summed E-state index contributed by atoms with van der Waals surface area (Å²) >= 11 is 6.17. The molecule has 2 heterocycles. The standard InChI is InChI=1S/C13H19ClN4O2/c1-8(2)18-13(20)11(14)10(7-16-18)17-5-3-9(4-6-17)12(15)19/h7-9H,3-6H2,1-2H3,(H2,15,19). The summed E-state index contributed by atoms with van der Waals surface area (Å²) in [6.45, 7) is 5.06. The first kappa shape index (κ1) is 14.8. The average Bonchev–Trinajstić information content (AvgIpc) is 2.41. The number of anilines is 1. The van der Waals surface area contributed by atoms with Gasteiger partial charge >= 0.3 is 0 Å². The van der Waals surface area contributed by atoms with E-state index in [-0.39, 0.29) is 28.4 Å². The Kier molecular flexibility index (Phi) is 4.32. The van der Waals surface area contributed by atoms with Gasteiger partial charge < -0.3 is 10.6 Å². The number of halogens is 1. The third kappa shape index (κ3) is 2.80. The predicted molar refractivity (Wildman–Crippen MR) is 78.0 cm³/mol. The quantitative estimate of drug-likeness (QED) is 0.908. The van der Waals surface area contributed by atoms with Gasteiger partial charge in [0, 0.05) is 19.0 Å². The number of nitrogens with zero attached hydrogens (tertiary/aromatic N) is 3. The van der Waals surface area contributed by atoms with Crippen LogP contribution in [0.15, 0.2) is 11.0 Å². The second-order valence-electron chi connectivity index (χ2n) is 5.35. The van der Waals surface area contributed by atoms with Crippen LogP contribution in [0.2, 0.25) is 5.02 Å². The zero-order chi connectivity index (χ0) is 14.9. The summed E-state index contributed by atoms with van der Waals surface area (Å²) in [7, 11) is 0. The molecule has 1 saturated heterocycles. The first-order valence-electron chi connectivity index (χ1n) is 6.73. The van der Waals surface area contributed by atoms with E-state index in [0.29, 0.717) is 31.6 Å². The first-order valence-corrected chi connectivity index (χ1v) is 7.11. The molecule has 20 heavy (non-hydrogen) atoms. The molecule has 2 N–H and O–H groups in total. The van der Waals surface area contributed by atoms with Crippen LogP contribution in [-0.4, -0.2) is 28.8 Å². The molecule has 0 aliphatic carbocycles. The van der Waals surface area contributed by atoms with Crippen LogP contribution in [0.5, 0.6) is 0 Å². The normalized spacial score (nSPS) is 16.7. The number of hydrogen-bond donors (Lipinski definition) is 1. The molecule has 7 heteroatoms. The molecule has 0 bridgehead atoms. The minimum atomic E-state index is -0.281. The molecule has 0 saturated carbocycles. The zero-order valence-corrected chi connectivity index (χ0v) is 12.4. The Labute approximate surface area is 122 Å². The summed E-state index contributed by atoms with van der Waals surface area (Å²) in [6.07, 6.45) is 2.98. The van der Waals surface area contributed by atoms with E-state index in [9.17, 15) is 9.59 Å². The van der Waals surface area contributed by atoms with E-state index in [4.69, 9.17) is 17.3 Å². The van der Waals surface area contributed by atoms with Crippen molar-refractivity contribution in [2.75, 3.05) is 18.0 Å². The lowest BCUT2D eigenvalue weighted by Crippen LogP contribution is -2.39. The molecule has 1 aromatic heterocycles. The van der Waals surface area contributed by atoms with E-state index in [1.54, 1.807) is 6.20 Å². The number of rotatable bonds is 3. The highest BCUT2D eigenvalue weighted by Gasteiger charge is 2.25. The molecule has 0 radical (unpaired) electrons. The minimum absolute atomic E-state index is 0.0327. The molecule has 2 rings (SSSR count). The fourth-order valence-electron chi connectivity index (χ4n) is 2.43. The molecule has 0 aromatic carbocycles. The lowest BCUT2D eigenvalue weighted by Gasteiger charge is -2.32. The van der Waals surface area contributed by atoms with Crippen LogP contribution in [0.1, 0.15) is 32.7 Å². The summed E-state index contributed by atoms with van der Waals surface area (Å²) in [6, 6.07) is -0.0327. The van der Waals surface area contributed by atoms with Gasteiger partial charge in [-0.2, -0.15) is 5.10 Å². The summed E-state index contributed by atoms with van der Waals surface area (Å²) in [5.74, 6) is -0.349. The average molecular weight is 299 g/mol. The van der Waals surface area contributed by atoms with Crippen molar-refractivity contribution in [2.45, 2.75) is 32.7 Å². The van der Waals surface area contributed by atoms with Crippen molar-refractivity contribution in [1.82, 2.24) is 9.78 Å². The summed E-state index contributed by atoms with van der Waals surface area (Å²) in [5, 5.41) is 4.34. The highest BCUT2D eigenvalue weighted by atomic mass is 35.5. The SMILES string of the molecule is CC(C)n1ncc(N2CCC(C(N)=O)CC2)c(Cl)c1=O. The number of piperidine rings is 1. The zero-order valence-electron chi connectivity index (χ0n) is 11.7. The third-order valence-corrected chi connectivity index (χ3v) is 4.01. The Morgan fingerprint density at radius 3 is 2.55 bits per heavy atom. The molecule has 0 spiro atoms. The molecule has 6 nitrogen and oxygen atoms in total. The van der Waals surface area contributed by atoms with Crippen molar-refractivity contribution in [2.24, 2.45) is 11.7 Å². The molecule has 1 aliphatic heterocycles. The Morgan fingerprint density at radius 1 is 1.45 bits per heavy atom. The topological polar surface area (TPSA) is 81.2 Å². The van der Waals surface area contributed by atoms with Crippen LogP contribution >= 0.6 is 11.6 Å². The van der Waals surface area contributed by atoms with Crippen LogP contribution in [0.4, 0.5) is 5.69 Å². The molecule has 0 unspecified atom stereocenters. The van der Waals surface area contributed by atoms with Crippen LogP contribution in [-0.2, 0) is 4.79 Å². The van der Waals surface area contributed by atoms with E-state index in [1.807, 2.05) is 18.7 Å². The van der Waals surface area contributed by atoms with Gasteiger partial charge in [0.1, 0.15) is 5.02 Å². The number of carbonyl (C=O) groups is 1. The highest BCUT2D eigenvalue weighted by molar-refractivity contribution is 6.33. The number of amides is 1. The van der Waals surface area contributed by atoms with Crippen molar-refractivity contribution >= 4 is 23.2 Å². The number of carbonyl (C=O) groups excluding carboxylic acids is 1. The van der Waals surface area contributed by atoms with E-state index >= 15 is 0 Å². The monoisotopic (exact) mass is 298 g/mol. The second kappa shape index (κ2) is 5.83. The van der Waals surface area contributed by atoms with Gasteiger partial charge in [-0.05, 0) is 26.7 Å². The largest absolute Gasteiger partial charge is 0.369 e. The Morgan fingerprint density at radius 2 is 2.05 bits per heavy atom. The molecule has 1 fully saturated rings. The van der Waals surface area contributed by atoms with Crippen molar-refractivity contribution in [3.63, 3.8) is 0 Å². The maximum absolute atomic E-state index is 12.1. The summed E-state index contributed by atoms with van der Waals surface area (Å²) in [4.78, 5) is 25.3. The van der Waals surface area contributed by atoms with Gasteiger partial charge in [-0.1, -0.05) is 11.6 Å². The molecular weight excluding hydrogens is 280 g/mol. The van der Waals surface area contributed by atoms with E-state index in [1.165, 1.54) is 4.68 Å². The molecular formula is C13H19ClN4O2. The van der Waals surface area contributed by atoms with Crippen molar-refractivity contribution in [3.05, 3.63) is 21.6 Å². The van der Waals surface area contributed by atoms with Crippen molar-refractivity contribution < 1.29 is 4.79 Å². The molecule has 1 amide bonds. The van der Waals surface area contributed by atoms with Crippen LogP contribution < -0.4 is 16.2 Å². The van der Waals surface area contributed by atoms with Gasteiger partial charge in [0.25, 0.3) is 5.56 Å². The minimum Gasteiger partial charge on any atom is -0.369 e. The van der Waals surface area contributed by atoms with E-state index in [0.717, 1.165) is 0 Å². The lowest BCUT2D eigenvalue weighted by atomic mass is 9.96. The number of aromatic nitrogens is 2. The Bertz CT molecular complexity index is 562. The van der Waals surface area contributed by atoms with Gasteiger partial charge in [0.15, 0.2) is 0 Å². The maximum Gasteiger partial charge on any atom is 0.287 e. The fourth-order valence-corrected chi connectivity index (χ4v) is 2.68. The fraction of sp³-hybridized carbons (Fsp3) is 0.615. The predicted octanol–water partition coefficient (Wildman–Crippen LogP) is 1.18. The second-order valence-corrected chi connectivity index (χ2v) is 5.73.